The molecule has 3 N–H and O–H groups in total. The Labute approximate surface area is 74.5 Å². The van der Waals surface area contributed by atoms with Crippen molar-refractivity contribution in [1.82, 2.24) is 5.32 Å². The number of halogens is 1. The van der Waals surface area contributed by atoms with E-state index in [-0.39, 0.29) is 6.61 Å². The van der Waals surface area contributed by atoms with Gasteiger partial charge in [-0.25, -0.2) is 4.39 Å². The van der Waals surface area contributed by atoms with Gasteiger partial charge in [0.25, 0.3) is 0 Å². The summed E-state index contributed by atoms with van der Waals surface area (Å²) in [5, 5.41) is 20.6. The van der Waals surface area contributed by atoms with E-state index in [9.17, 15) is 14.3 Å². The number of aliphatic hydroxyl groups excluding tert-OH is 2. The van der Waals surface area contributed by atoms with Gasteiger partial charge in [-0.2, -0.15) is 0 Å². The molecule has 5 nitrogen and oxygen atoms in total. The van der Waals surface area contributed by atoms with Gasteiger partial charge < -0.3 is 20.3 Å². The molecule has 76 valence electrons. The maximum absolute atomic E-state index is 12.8. The molecule has 4 atom stereocenters. The second-order valence-electron chi connectivity index (χ2n) is 2.96. The second-order valence-corrected chi connectivity index (χ2v) is 2.96. The lowest BCUT2D eigenvalue weighted by Crippen LogP contribution is -2.59. The number of carbonyl (C=O) groups is 1. The lowest BCUT2D eigenvalue weighted by molar-refractivity contribution is -0.199. The summed E-state index contributed by atoms with van der Waals surface area (Å²) in [4.78, 5) is 10.6. The van der Waals surface area contributed by atoms with E-state index in [0.29, 0.717) is 0 Å². The lowest BCUT2D eigenvalue weighted by Gasteiger charge is -2.34. The van der Waals surface area contributed by atoms with Crippen molar-refractivity contribution >= 4 is 5.91 Å². The smallest absolute Gasteiger partial charge is 0.217 e. The fourth-order valence-corrected chi connectivity index (χ4v) is 1.18. The molecule has 0 bridgehead atoms. The molecule has 2 unspecified atom stereocenters. The van der Waals surface area contributed by atoms with Gasteiger partial charge in [0.2, 0.25) is 5.91 Å². The fraction of sp³-hybridized carbons (Fsp3) is 0.857. The van der Waals surface area contributed by atoms with Crippen molar-refractivity contribution in [2.75, 3.05) is 6.61 Å². The third kappa shape index (κ3) is 2.36. The van der Waals surface area contributed by atoms with E-state index < -0.39 is 30.5 Å². The quantitative estimate of drug-likeness (QED) is 0.475. The third-order valence-corrected chi connectivity index (χ3v) is 1.84. The SMILES string of the molecule is CC(=O)NC1C(O)[C@H](F)CO[C@H]1O. The minimum atomic E-state index is -1.58. The highest BCUT2D eigenvalue weighted by atomic mass is 19.1. The Bertz CT molecular complexity index is 201. The van der Waals surface area contributed by atoms with Crippen LogP contribution in [0.1, 0.15) is 6.92 Å². The molecule has 1 aliphatic rings. The largest absolute Gasteiger partial charge is 0.388 e. The Morgan fingerprint density at radius 1 is 1.62 bits per heavy atom. The molecule has 1 heterocycles. The molecule has 1 fully saturated rings. The topological polar surface area (TPSA) is 78.8 Å². The minimum absolute atomic E-state index is 0.363. The van der Waals surface area contributed by atoms with Crippen molar-refractivity contribution in [2.45, 2.75) is 31.5 Å². The molecule has 1 amide bonds. The predicted molar refractivity (Wildman–Crippen MR) is 40.5 cm³/mol. The van der Waals surface area contributed by atoms with Crippen LogP contribution in [0.3, 0.4) is 0 Å². The molecule has 0 aromatic rings. The molecular weight excluding hydrogens is 181 g/mol. The lowest BCUT2D eigenvalue weighted by atomic mass is 10.0. The van der Waals surface area contributed by atoms with Crippen molar-refractivity contribution in [3.8, 4) is 0 Å². The van der Waals surface area contributed by atoms with E-state index in [1.807, 2.05) is 0 Å². The average molecular weight is 193 g/mol. The Kier molecular flexibility index (Phi) is 3.18. The zero-order valence-corrected chi connectivity index (χ0v) is 7.11. The van der Waals surface area contributed by atoms with Gasteiger partial charge in [0, 0.05) is 6.92 Å². The number of nitrogens with one attached hydrogen (secondary N) is 1. The first-order valence-electron chi connectivity index (χ1n) is 3.91. The summed E-state index contributed by atoms with van der Waals surface area (Å²) in [6, 6.07) is -1.10. The van der Waals surface area contributed by atoms with E-state index >= 15 is 0 Å². The first-order valence-corrected chi connectivity index (χ1v) is 3.91. The Balaban J connectivity index is 2.60. The van der Waals surface area contributed by atoms with Crippen LogP contribution in [0.25, 0.3) is 0 Å². The molecule has 0 aliphatic carbocycles. The molecule has 0 radical (unpaired) electrons. The summed E-state index contributed by atoms with van der Waals surface area (Å²) in [5.41, 5.74) is 0. The van der Waals surface area contributed by atoms with Crippen molar-refractivity contribution in [1.29, 1.82) is 0 Å². The van der Waals surface area contributed by atoms with E-state index in [1.54, 1.807) is 0 Å². The van der Waals surface area contributed by atoms with Crippen LogP contribution in [-0.2, 0) is 9.53 Å². The first kappa shape index (κ1) is 10.4. The van der Waals surface area contributed by atoms with Crippen LogP contribution in [-0.4, -0.2) is 47.3 Å². The molecule has 0 aromatic heterocycles. The van der Waals surface area contributed by atoms with Gasteiger partial charge in [-0.15, -0.1) is 0 Å². The number of aliphatic hydroxyl groups is 2. The van der Waals surface area contributed by atoms with Gasteiger partial charge in [0.05, 0.1) is 6.61 Å². The number of ether oxygens (including phenoxy) is 1. The van der Waals surface area contributed by atoms with Gasteiger partial charge in [0.1, 0.15) is 12.1 Å². The minimum Gasteiger partial charge on any atom is -0.388 e. The highest BCUT2D eigenvalue weighted by Crippen LogP contribution is 2.16. The first-order chi connectivity index (χ1) is 6.02. The normalized spacial score (nSPS) is 40.0. The maximum Gasteiger partial charge on any atom is 0.217 e. The predicted octanol–water partition coefficient (Wildman–Crippen LogP) is -1.46. The van der Waals surface area contributed by atoms with Crippen LogP contribution in [0.15, 0.2) is 0 Å². The maximum atomic E-state index is 12.8. The van der Waals surface area contributed by atoms with E-state index in [4.69, 9.17) is 5.11 Å². The molecule has 1 rings (SSSR count). The number of carbonyl (C=O) groups excluding carboxylic acids is 1. The summed E-state index contributed by atoms with van der Waals surface area (Å²) in [6.45, 7) is 0.847. The molecule has 1 saturated heterocycles. The van der Waals surface area contributed by atoms with Crippen molar-refractivity contribution in [2.24, 2.45) is 0 Å². The van der Waals surface area contributed by atoms with Gasteiger partial charge in [-0.1, -0.05) is 0 Å². The van der Waals surface area contributed by atoms with Crippen LogP contribution < -0.4 is 5.32 Å². The summed E-state index contributed by atoms with van der Waals surface area (Å²) < 4.78 is 17.4. The van der Waals surface area contributed by atoms with Gasteiger partial charge in [-0.3, -0.25) is 4.79 Å². The number of rotatable bonds is 1. The fourth-order valence-electron chi connectivity index (χ4n) is 1.18. The second kappa shape index (κ2) is 3.99. The summed E-state index contributed by atoms with van der Waals surface area (Å²) in [7, 11) is 0. The van der Waals surface area contributed by atoms with Crippen LogP contribution in [0.5, 0.6) is 0 Å². The highest BCUT2D eigenvalue weighted by Gasteiger charge is 2.39. The van der Waals surface area contributed by atoms with Crippen molar-refractivity contribution in [3.63, 3.8) is 0 Å². The van der Waals surface area contributed by atoms with Crippen LogP contribution in [0, 0.1) is 0 Å². The molecule has 6 heteroatoms. The summed E-state index contributed by atoms with van der Waals surface area (Å²) >= 11 is 0. The molecule has 1 aliphatic heterocycles. The van der Waals surface area contributed by atoms with E-state index in [1.165, 1.54) is 6.92 Å². The van der Waals surface area contributed by atoms with Crippen molar-refractivity contribution < 1.29 is 24.1 Å². The number of amides is 1. The Morgan fingerprint density at radius 3 is 2.77 bits per heavy atom. The Hall–Kier alpha value is -0.720. The standard InChI is InChI=1S/C7H12FNO4/c1-3(10)9-5-6(11)4(8)2-13-7(5)12/h4-7,11-12H,2H2,1H3,(H,9,10)/t4-,5?,6?,7-/m1/s1. The number of alkyl halides is 1. The van der Waals surface area contributed by atoms with Crippen molar-refractivity contribution in [3.05, 3.63) is 0 Å². The molecule has 0 saturated carbocycles. The zero-order valence-electron chi connectivity index (χ0n) is 7.11. The van der Waals surface area contributed by atoms with Gasteiger partial charge >= 0.3 is 0 Å². The zero-order chi connectivity index (χ0) is 10.0. The molecule has 13 heavy (non-hydrogen) atoms. The summed E-state index contributed by atoms with van der Waals surface area (Å²) in [6.07, 6.45) is -4.36. The van der Waals surface area contributed by atoms with Crippen LogP contribution in [0.2, 0.25) is 0 Å². The highest BCUT2D eigenvalue weighted by molar-refractivity contribution is 5.73. The molecule has 0 aromatic carbocycles. The number of hydrogen-bond donors (Lipinski definition) is 3. The van der Waals surface area contributed by atoms with Crippen LogP contribution in [0.4, 0.5) is 4.39 Å². The van der Waals surface area contributed by atoms with Gasteiger partial charge in [-0.05, 0) is 0 Å². The van der Waals surface area contributed by atoms with E-state index in [0.717, 1.165) is 0 Å². The average Bonchev–Trinajstić information content (AvgIpc) is 2.05. The summed E-state index contributed by atoms with van der Waals surface area (Å²) in [5.74, 6) is -0.458. The van der Waals surface area contributed by atoms with E-state index in [2.05, 4.69) is 10.1 Å². The monoisotopic (exact) mass is 193 g/mol. The third-order valence-electron chi connectivity index (χ3n) is 1.84. The Morgan fingerprint density at radius 2 is 2.23 bits per heavy atom. The molecule has 0 spiro atoms. The van der Waals surface area contributed by atoms with Gasteiger partial charge in [0.15, 0.2) is 12.5 Å². The number of hydrogen-bond acceptors (Lipinski definition) is 4. The van der Waals surface area contributed by atoms with Crippen LogP contribution >= 0.6 is 0 Å². The molecular formula is C7H12FNO4.